The summed E-state index contributed by atoms with van der Waals surface area (Å²) in [6, 6.07) is 11.8. The first-order valence-corrected chi connectivity index (χ1v) is 7.87. The van der Waals surface area contributed by atoms with E-state index in [9.17, 15) is 9.59 Å². The fourth-order valence-corrected chi connectivity index (χ4v) is 2.53. The second-order valence-corrected chi connectivity index (χ2v) is 5.85. The molecule has 1 aromatic heterocycles. The average Bonchev–Trinajstić information content (AvgIpc) is 2.62. The molecule has 3 rings (SSSR count). The first-order valence-electron chi connectivity index (χ1n) is 7.49. The molecule has 0 aliphatic rings. The highest BCUT2D eigenvalue weighted by Gasteiger charge is 2.09. The summed E-state index contributed by atoms with van der Waals surface area (Å²) in [5.74, 6) is -0.209. The number of hydroxylamine groups is 1. The Hall–Kier alpha value is -2.74. The molecule has 128 valence electrons. The molecular formula is C17H15ClN4O3. The molecule has 3 aromatic rings. The van der Waals surface area contributed by atoms with Gasteiger partial charge < -0.3 is 10.3 Å². The van der Waals surface area contributed by atoms with E-state index >= 15 is 0 Å². The molecule has 7 nitrogen and oxygen atoms in total. The minimum atomic E-state index is -0.661. The third-order valence-corrected chi connectivity index (χ3v) is 3.91. The van der Waals surface area contributed by atoms with Crippen molar-refractivity contribution in [2.75, 3.05) is 0 Å². The number of hydrogen-bond acceptors (Lipinski definition) is 5. The van der Waals surface area contributed by atoms with Crippen LogP contribution in [0.4, 0.5) is 0 Å². The Morgan fingerprint density at radius 3 is 2.64 bits per heavy atom. The van der Waals surface area contributed by atoms with E-state index in [1.807, 2.05) is 24.3 Å². The second-order valence-electron chi connectivity index (χ2n) is 5.42. The van der Waals surface area contributed by atoms with Gasteiger partial charge in [0, 0.05) is 17.1 Å². The average molecular weight is 359 g/mol. The number of carbonyl (C=O) groups excluding carboxylic acids is 1. The van der Waals surface area contributed by atoms with Crippen molar-refractivity contribution in [1.29, 1.82) is 0 Å². The van der Waals surface area contributed by atoms with Crippen LogP contribution in [0.15, 0.2) is 47.3 Å². The Bertz CT molecular complexity index is 970. The van der Waals surface area contributed by atoms with Gasteiger partial charge in [-0.2, -0.15) is 0 Å². The maximum atomic E-state index is 12.1. The molecule has 4 N–H and O–H groups in total. The first-order chi connectivity index (χ1) is 12.1. The van der Waals surface area contributed by atoms with Crippen molar-refractivity contribution in [3.63, 3.8) is 0 Å². The summed E-state index contributed by atoms with van der Waals surface area (Å²) >= 11 is 5.85. The zero-order valence-corrected chi connectivity index (χ0v) is 13.8. The Morgan fingerprint density at radius 2 is 1.92 bits per heavy atom. The molecule has 0 spiro atoms. The van der Waals surface area contributed by atoms with Gasteiger partial charge in [-0.3, -0.25) is 14.8 Å². The van der Waals surface area contributed by atoms with Crippen LogP contribution in [0.1, 0.15) is 21.7 Å². The van der Waals surface area contributed by atoms with Gasteiger partial charge in [0.1, 0.15) is 5.82 Å². The monoisotopic (exact) mass is 358 g/mol. The summed E-state index contributed by atoms with van der Waals surface area (Å²) < 4.78 is 0. The van der Waals surface area contributed by atoms with E-state index < -0.39 is 5.91 Å². The smallest absolute Gasteiger partial charge is 0.274 e. The van der Waals surface area contributed by atoms with Crippen molar-refractivity contribution in [3.8, 4) is 0 Å². The molecule has 0 saturated carbocycles. The maximum absolute atomic E-state index is 12.1. The zero-order chi connectivity index (χ0) is 17.8. The van der Waals surface area contributed by atoms with Crippen LogP contribution in [0.5, 0.6) is 0 Å². The zero-order valence-electron chi connectivity index (χ0n) is 13.0. The number of aromatic nitrogens is 2. The van der Waals surface area contributed by atoms with Gasteiger partial charge in [0.05, 0.1) is 17.4 Å². The number of halogens is 1. The molecule has 1 heterocycles. The van der Waals surface area contributed by atoms with Crippen molar-refractivity contribution >= 4 is 28.4 Å². The third kappa shape index (κ3) is 4.03. The molecule has 0 aliphatic carbocycles. The van der Waals surface area contributed by atoms with Crippen LogP contribution < -0.4 is 16.4 Å². The van der Waals surface area contributed by atoms with Crippen LogP contribution >= 0.6 is 11.6 Å². The number of fused-ring (bicyclic) bond motifs is 1. The number of H-pyrrole nitrogens is 1. The lowest BCUT2D eigenvalue weighted by atomic mass is 10.1. The summed E-state index contributed by atoms with van der Waals surface area (Å²) in [5, 5.41) is 12.9. The summed E-state index contributed by atoms with van der Waals surface area (Å²) in [7, 11) is 0. The van der Waals surface area contributed by atoms with Crippen LogP contribution in [0.3, 0.4) is 0 Å². The van der Waals surface area contributed by atoms with Gasteiger partial charge in [-0.25, -0.2) is 10.5 Å². The van der Waals surface area contributed by atoms with Gasteiger partial charge >= 0.3 is 0 Å². The van der Waals surface area contributed by atoms with Gasteiger partial charge in [0.2, 0.25) is 0 Å². The third-order valence-electron chi connectivity index (χ3n) is 3.65. The first kappa shape index (κ1) is 17.1. The summed E-state index contributed by atoms with van der Waals surface area (Å²) in [5.41, 5.74) is 2.92. The lowest BCUT2D eigenvalue weighted by Gasteiger charge is -2.07. The predicted molar refractivity (Wildman–Crippen MR) is 93.6 cm³/mol. The number of amides is 1. The van der Waals surface area contributed by atoms with E-state index in [1.54, 1.807) is 5.48 Å². The molecule has 25 heavy (non-hydrogen) atoms. The Kier molecular flexibility index (Phi) is 5.08. The molecular weight excluding hydrogens is 344 g/mol. The largest absolute Gasteiger partial charge is 0.309 e. The van der Waals surface area contributed by atoms with Crippen LogP contribution in [0, 0.1) is 0 Å². The van der Waals surface area contributed by atoms with E-state index in [0.29, 0.717) is 34.8 Å². The number of aromatic amines is 1. The quantitative estimate of drug-likeness (QED) is 0.412. The molecule has 0 fully saturated rings. The van der Waals surface area contributed by atoms with E-state index in [0.717, 1.165) is 5.56 Å². The molecule has 0 aliphatic heterocycles. The number of benzene rings is 2. The normalized spacial score (nSPS) is 10.8. The van der Waals surface area contributed by atoms with Crippen molar-refractivity contribution in [2.24, 2.45) is 0 Å². The van der Waals surface area contributed by atoms with E-state index in [1.165, 1.54) is 18.2 Å². The van der Waals surface area contributed by atoms with Crippen molar-refractivity contribution < 1.29 is 10.0 Å². The maximum Gasteiger partial charge on any atom is 0.274 e. The number of rotatable bonds is 5. The van der Waals surface area contributed by atoms with Gasteiger partial charge in [-0.15, -0.1) is 0 Å². The second kappa shape index (κ2) is 7.43. The molecule has 2 aromatic carbocycles. The molecule has 0 atom stereocenters. The van der Waals surface area contributed by atoms with Crippen LogP contribution in [0.2, 0.25) is 5.02 Å². The standard InChI is InChI=1S/C17H15ClN4O3/c18-12-4-1-10(2-5-12)8-19-9-15-20-14-7-11(16(23)22-25)3-6-13(14)17(24)21-15/h1-7,19,25H,8-9H2,(H,22,23)(H,20,21,24). The Balaban J connectivity index is 1.78. The minimum absolute atomic E-state index is 0.216. The fraction of sp³-hybridized carbons (Fsp3) is 0.118. The number of nitrogens with one attached hydrogen (secondary N) is 3. The van der Waals surface area contributed by atoms with E-state index in [2.05, 4.69) is 15.3 Å². The summed E-state index contributed by atoms with van der Waals surface area (Å²) in [4.78, 5) is 30.7. The van der Waals surface area contributed by atoms with Crippen LogP contribution in [-0.4, -0.2) is 21.1 Å². The van der Waals surface area contributed by atoms with Crippen molar-refractivity contribution in [3.05, 3.63) is 74.8 Å². The Labute approximate surface area is 147 Å². The van der Waals surface area contributed by atoms with Crippen LogP contribution in [0.25, 0.3) is 10.9 Å². The molecule has 0 radical (unpaired) electrons. The number of hydrogen-bond donors (Lipinski definition) is 4. The molecule has 1 amide bonds. The predicted octanol–water partition coefficient (Wildman–Crippen LogP) is 1.99. The van der Waals surface area contributed by atoms with Crippen molar-refractivity contribution in [2.45, 2.75) is 13.1 Å². The molecule has 0 bridgehead atoms. The SMILES string of the molecule is O=C(NO)c1ccc2c(=O)[nH]c(CNCc3ccc(Cl)cc3)nc2c1. The highest BCUT2D eigenvalue weighted by atomic mass is 35.5. The van der Waals surface area contributed by atoms with E-state index in [-0.39, 0.29) is 11.1 Å². The van der Waals surface area contributed by atoms with E-state index in [4.69, 9.17) is 16.8 Å². The number of carbonyl (C=O) groups is 1. The lowest BCUT2D eigenvalue weighted by Crippen LogP contribution is -2.21. The van der Waals surface area contributed by atoms with Gasteiger partial charge in [-0.05, 0) is 35.9 Å². The van der Waals surface area contributed by atoms with Crippen LogP contribution in [-0.2, 0) is 13.1 Å². The Morgan fingerprint density at radius 1 is 1.16 bits per heavy atom. The molecule has 8 heteroatoms. The molecule has 0 saturated heterocycles. The van der Waals surface area contributed by atoms with Gasteiger partial charge in [-0.1, -0.05) is 23.7 Å². The topological polar surface area (TPSA) is 107 Å². The molecule has 0 unspecified atom stereocenters. The minimum Gasteiger partial charge on any atom is -0.309 e. The van der Waals surface area contributed by atoms with Gasteiger partial charge in [0.15, 0.2) is 0 Å². The summed E-state index contributed by atoms with van der Waals surface area (Å²) in [6.07, 6.45) is 0. The van der Waals surface area contributed by atoms with Crippen molar-refractivity contribution in [1.82, 2.24) is 20.8 Å². The highest BCUT2D eigenvalue weighted by Crippen LogP contribution is 2.11. The summed E-state index contributed by atoms with van der Waals surface area (Å²) in [6.45, 7) is 0.941. The fourth-order valence-electron chi connectivity index (χ4n) is 2.40. The highest BCUT2D eigenvalue weighted by molar-refractivity contribution is 6.30. The lowest BCUT2D eigenvalue weighted by molar-refractivity contribution is 0.0706. The van der Waals surface area contributed by atoms with Gasteiger partial charge in [0.25, 0.3) is 11.5 Å². The number of nitrogens with zero attached hydrogens (tertiary/aromatic N) is 1.